The van der Waals surface area contributed by atoms with Crippen molar-refractivity contribution >= 4 is 17.5 Å². The van der Waals surface area contributed by atoms with Crippen molar-refractivity contribution in [3.63, 3.8) is 0 Å². The summed E-state index contributed by atoms with van der Waals surface area (Å²) in [7, 11) is 3.38. The van der Waals surface area contributed by atoms with E-state index in [9.17, 15) is 9.59 Å². The third-order valence-electron chi connectivity index (χ3n) is 3.75. The number of carbonyl (C=O) groups is 2. The predicted molar refractivity (Wildman–Crippen MR) is 105 cm³/mol. The van der Waals surface area contributed by atoms with Gasteiger partial charge in [-0.1, -0.05) is 18.2 Å². The molecule has 2 rings (SSSR count). The molecule has 2 aromatic rings. The van der Waals surface area contributed by atoms with E-state index >= 15 is 0 Å². The summed E-state index contributed by atoms with van der Waals surface area (Å²) < 4.78 is 11.2. The highest BCUT2D eigenvalue weighted by molar-refractivity contribution is 5.96. The number of nitrogens with one attached hydrogen (secondary N) is 1. The Hall–Kier alpha value is -3.02. The largest absolute Gasteiger partial charge is 0.490 e. The third kappa shape index (κ3) is 6.33. The molecule has 0 radical (unpaired) electrons. The average Bonchev–Trinajstić information content (AvgIpc) is 2.66. The second-order valence-corrected chi connectivity index (χ2v) is 6.16. The number of amides is 2. The van der Waals surface area contributed by atoms with Crippen LogP contribution in [0.25, 0.3) is 0 Å². The van der Waals surface area contributed by atoms with Gasteiger partial charge < -0.3 is 19.7 Å². The zero-order valence-corrected chi connectivity index (χ0v) is 16.0. The standard InChI is InChI=1S/C21H26N2O4/c1-4-26-18-11-5-6-12-19(18)27-14-8-13-20(24)22-17-10-7-9-16(15-17)21(25)23(2)3/h5-7,9-12,15H,4,8,13-14H2,1-3H3,(H,22,24). The predicted octanol–water partition coefficient (Wildman–Crippen LogP) is 3.58. The zero-order chi connectivity index (χ0) is 19.6. The molecule has 2 amide bonds. The Balaban J connectivity index is 1.80. The van der Waals surface area contributed by atoms with Crippen LogP contribution in [0.5, 0.6) is 11.5 Å². The van der Waals surface area contributed by atoms with Gasteiger partial charge in [0.05, 0.1) is 13.2 Å². The van der Waals surface area contributed by atoms with Crippen molar-refractivity contribution in [2.45, 2.75) is 19.8 Å². The van der Waals surface area contributed by atoms with E-state index < -0.39 is 0 Å². The van der Waals surface area contributed by atoms with Gasteiger partial charge in [-0.15, -0.1) is 0 Å². The average molecular weight is 370 g/mol. The van der Waals surface area contributed by atoms with Crippen molar-refractivity contribution in [2.24, 2.45) is 0 Å². The summed E-state index contributed by atoms with van der Waals surface area (Å²) in [6.07, 6.45) is 0.894. The fourth-order valence-electron chi connectivity index (χ4n) is 2.47. The van der Waals surface area contributed by atoms with Gasteiger partial charge in [-0.25, -0.2) is 0 Å². The Kier molecular flexibility index (Phi) is 7.67. The van der Waals surface area contributed by atoms with E-state index in [1.165, 1.54) is 4.90 Å². The Morgan fingerprint density at radius 1 is 1.00 bits per heavy atom. The molecule has 0 saturated carbocycles. The number of hydrogen-bond acceptors (Lipinski definition) is 4. The summed E-state index contributed by atoms with van der Waals surface area (Å²) in [6, 6.07) is 14.4. The number of ether oxygens (including phenoxy) is 2. The Bertz CT molecular complexity index is 774. The maximum Gasteiger partial charge on any atom is 0.253 e. The van der Waals surface area contributed by atoms with E-state index in [0.717, 1.165) is 0 Å². The van der Waals surface area contributed by atoms with Crippen LogP contribution in [0.15, 0.2) is 48.5 Å². The van der Waals surface area contributed by atoms with E-state index in [2.05, 4.69) is 5.32 Å². The molecule has 0 aliphatic heterocycles. The molecular weight excluding hydrogens is 344 g/mol. The first-order valence-electron chi connectivity index (χ1n) is 8.97. The molecule has 0 unspecified atom stereocenters. The molecule has 0 aromatic heterocycles. The lowest BCUT2D eigenvalue weighted by molar-refractivity contribution is -0.116. The first-order chi connectivity index (χ1) is 13.0. The second kappa shape index (κ2) is 10.2. The van der Waals surface area contributed by atoms with Crippen LogP contribution in [-0.4, -0.2) is 44.0 Å². The van der Waals surface area contributed by atoms with Crippen LogP contribution in [0, 0.1) is 0 Å². The van der Waals surface area contributed by atoms with Gasteiger partial charge in [-0.05, 0) is 43.7 Å². The van der Waals surface area contributed by atoms with Crippen LogP contribution in [0.1, 0.15) is 30.1 Å². The minimum Gasteiger partial charge on any atom is -0.490 e. The quantitative estimate of drug-likeness (QED) is 0.685. The van der Waals surface area contributed by atoms with Crippen molar-refractivity contribution in [1.82, 2.24) is 4.90 Å². The zero-order valence-electron chi connectivity index (χ0n) is 16.0. The van der Waals surface area contributed by atoms with E-state index in [0.29, 0.717) is 48.8 Å². The fourth-order valence-corrected chi connectivity index (χ4v) is 2.47. The fraction of sp³-hybridized carbons (Fsp3) is 0.333. The van der Waals surface area contributed by atoms with Gasteiger partial charge in [0.25, 0.3) is 5.91 Å². The smallest absolute Gasteiger partial charge is 0.253 e. The lowest BCUT2D eigenvalue weighted by atomic mass is 10.1. The van der Waals surface area contributed by atoms with Crippen LogP contribution >= 0.6 is 0 Å². The molecule has 0 bridgehead atoms. The highest BCUT2D eigenvalue weighted by Crippen LogP contribution is 2.26. The van der Waals surface area contributed by atoms with Gasteiger partial charge in [0.1, 0.15) is 0 Å². The molecule has 0 saturated heterocycles. The number of carbonyl (C=O) groups excluding carboxylic acids is 2. The number of nitrogens with zero attached hydrogens (tertiary/aromatic N) is 1. The molecule has 1 N–H and O–H groups in total. The maximum atomic E-state index is 12.1. The minimum atomic E-state index is -0.119. The second-order valence-electron chi connectivity index (χ2n) is 6.16. The molecule has 0 spiro atoms. The van der Waals surface area contributed by atoms with Crippen LogP contribution in [0.3, 0.4) is 0 Å². The summed E-state index contributed by atoms with van der Waals surface area (Å²) in [5.41, 5.74) is 1.14. The molecule has 0 aliphatic rings. The Labute approximate surface area is 160 Å². The monoisotopic (exact) mass is 370 g/mol. The van der Waals surface area contributed by atoms with Gasteiger partial charge in [0.15, 0.2) is 11.5 Å². The van der Waals surface area contributed by atoms with Crippen molar-refractivity contribution in [3.8, 4) is 11.5 Å². The molecule has 0 atom stereocenters. The maximum absolute atomic E-state index is 12.1. The lowest BCUT2D eigenvalue weighted by Gasteiger charge is -2.12. The number of para-hydroxylation sites is 2. The molecule has 6 heteroatoms. The Morgan fingerprint density at radius 2 is 1.70 bits per heavy atom. The topological polar surface area (TPSA) is 67.9 Å². The summed E-state index contributed by atoms with van der Waals surface area (Å²) in [5.74, 6) is 1.15. The highest BCUT2D eigenvalue weighted by atomic mass is 16.5. The molecular formula is C21H26N2O4. The van der Waals surface area contributed by atoms with Crippen molar-refractivity contribution in [2.75, 3.05) is 32.6 Å². The van der Waals surface area contributed by atoms with E-state index in [1.807, 2.05) is 31.2 Å². The SMILES string of the molecule is CCOc1ccccc1OCCCC(=O)Nc1cccc(C(=O)N(C)C)c1. The number of hydrogen-bond donors (Lipinski definition) is 1. The summed E-state index contributed by atoms with van der Waals surface area (Å²) >= 11 is 0. The van der Waals surface area contributed by atoms with Crippen LogP contribution in [0.2, 0.25) is 0 Å². The summed E-state index contributed by atoms with van der Waals surface area (Å²) in [4.78, 5) is 25.6. The van der Waals surface area contributed by atoms with E-state index in [1.54, 1.807) is 38.4 Å². The Morgan fingerprint density at radius 3 is 2.37 bits per heavy atom. The van der Waals surface area contributed by atoms with E-state index in [4.69, 9.17) is 9.47 Å². The molecule has 144 valence electrons. The lowest BCUT2D eigenvalue weighted by Crippen LogP contribution is -2.22. The first kappa shape index (κ1) is 20.3. The van der Waals surface area contributed by atoms with Crippen LogP contribution in [-0.2, 0) is 4.79 Å². The van der Waals surface area contributed by atoms with Gasteiger partial charge in [-0.3, -0.25) is 9.59 Å². The van der Waals surface area contributed by atoms with Crippen molar-refractivity contribution < 1.29 is 19.1 Å². The highest BCUT2D eigenvalue weighted by Gasteiger charge is 2.10. The van der Waals surface area contributed by atoms with E-state index in [-0.39, 0.29) is 11.8 Å². The molecule has 0 heterocycles. The third-order valence-corrected chi connectivity index (χ3v) is 3.75. The summed E-state index contributed by atoms with van der Waals surface area (Å²) in [5, 5.41) is 2.82. The van der Waals surface area contributed by atoms with Crippen LogP contribution < -0.4 is 14.8 Å². The number of anilines is 1. The van der Waals surface area contributed by atoms with Crippen molar-refractivity contribution in [3.05, 3.63) is 54.1 Å². The molecule has 0 fully saturated rings. The normalized spacial score (nSPS) is 10.2. The molecule has 27 heavy (non-hydrogen) atoms. The molecule has 6 nitrogen and oxygen atoms in total. The molecule has 2 aromatic carbocycles. The summed E-state index contributed by atoms with van der Waals surface area (Å²) in [6.45, 7) is 2.90. The first-order valence-corrected chi connectivity index (χ1v) is 8.97. The van der Waals surface area contributed by atoms with Crippen LogP contribution in [0.4, 0.5) is 5.69 Å². The van der Waals surface area contributed by atoms with Gasteiger partial charge in [0.2, 0.25) is 5.91 Å². The number of rotatable bonds is 9. The molecule has 0 aliphatic carbocycles. The van der Waals surface area contributed by atoms with Gasteiger partial charge >= 0.3 is 0 Å². The van der Waals surface area contributed by atoms with Crippen molar-refractivity contribution in [1.29, 1.82) is 0 Å². The van der Waals surface area contributed by atoms with Gasteiger partial charge in [0, 0.05) is 31.8 Å². The minimum absolute atomic E-state index is 0.104. The number of benzene rings is 2. The van der Waals surface area contributed by atoms with Gasteiger partial charge in [-0.2, -0.15) is 0 Å².